The number of alkyl halides is 3. The molecule has 1 amide bonds. The van der Waals surface area contributed by atoms with Gasteiger partial charge in [-0.1, -0.05) is 12.1 Å². The topological polar surface area (TPSA) is 86.2 Å². The van der Waals surface area contributed by atoms with Gasteiger partial charge in [-0.25, -0.2) is 9.79 Å². The number of ether oxygens (including phenoxy) is 3. The minimum absolute atomic E-state index is 0.0479. The fourth-order valence-electron chi connectivity index (χ4n) is 2.78. The molecule has 0 aromatic heterocycles. The van der Waals surface area contributed by atoms with Crippen molar-refractivity contribution < 1.29 is 37.0 Å². The lowest BCUT2D eigenvalue weighted by Gasteiger charge is -2.11. The molecule has 0 aliphatic carbocycles. The third kappa shape index (κ3) is 5.45. The fourth-order valence-corrected chi connectivity index (χ4v) is 2.78. The van der Waals surface area contributed by atoms with Crippen molar-refractivity contribution in [3.63, 3.8) is 0 Å². The van der Waals surface area contributed by atoms with E-state index in [0.717, 1.165) is 0 Å². The molecule has 168 valence electrons. The average molecular weight is 448 g/mol. The molecule has 2 aromatic rings. The van der Waals surface area contributed by atoms with Crippen LogP contribution in [-0.2, 0) is 14.3 Å². The number of rotatable bonds is 7. The zero-order valence-corrected chi connectivity index (χ0v) is 17.2. The van der Waals surface area contributed by atoms with E-state index in [2.05, 4.69) is 4.99 Å². The first kappa shape index (κ1) is 22.9. The van der Waals surface area contributed by atoms with Crippen LogP contribution in [0, 0.1) is 0 Å². The molecule has 2 aromatic carbocycles. The molecule has 0 bridgehead atoms. The molecular weight excluding hydrogens is 429 g/mol. The van der Waals surface area contributed by atoms with Crippen molar-refractivity contribution in [1.29, 1.82) is 0 Å². The highest BCUT2D eigenvalue weighted by Crippen LogP contribution is 2.30. The van der Waals surface area contributed by atoms with E-state index in [0.29, 0.717) is 35.8 Å². The number of hydrogen-bond acceptors (Lipinski definition) is 6. The second kappa shape index (κ2) is 9.54. The van der Waals surface area contributed by atoms with E-state index in [9.17, 15) is 22.8 Å². The van der Waals surface area contributed by atoms with Gasteiger partial charge in [0.1, 0.15) is 0 Å². The van der Waals surface area contributed by atoms with Crippen molar-refractivity contribution in [2.24, 2.45) is 4.99 Å². The molecule has 0 atom stereocenters. The maximum atomic E-state index is 12.4. The zero-order valence-electron chi connectivity index (χ0n) is 17.2. The van der Waals surface area contributed by atoms with Gasteiger partial charge in [-0.05, 0) is 55.8 Å². The summed E-state index contributed by atoms with van der Waals surface area (Å²) in [4.78, 5) is 27.6. The summed E-state index contributed by atoms with van der Waals surface area (Å²) in [6.07, 6.45) is -3.67. The number of hydrogen-bond donors (Lipinski definition) is 1. The smallest absolute Gasteiger partial charge is 0.471 e. The monoisotopic (exact) mass is 448 g/mol. The number of carbonyl (C=O) groups is 2. The van der Waals surface area contributed by atoms with Gasteiger partial charge in [0.15, 0.2) is 17.2 Å². The van der Waals surface area contributed by atoms with Crippen LogP contribution in [0.1, 0.15) is 25.0 Å². The Bertz CT molecular complexity index is 1090. The maximum absolute atomic E-state index is 12.4. The molecule has 0 fully saturated rings. The Morgan fingerprint density at radius 2 is 1.81 bits per heavy atom. The Morgan fingerprint density at radius 3 is 2.50 bits per heavy atom. The quantitative estimate of drug-likeness (QED) is 0.503. The lowest BCUT2D eigenvalue weighted by molar-refractivity contribution is -0.167. The van der Waals surface area contributed by atoms with Gasteiger partial charge in [-0.3, -0.25) is 4.79 Å². The highest BCUT2D eigenvalue weighted by Gasteiger charge is 2.38. The molecule has 0 saturated carbocycles. The molecule has 1 heterocycles. The van der Waals surface area contributed by atoms with Crippen LogP contribution in [0.2, 0.25) is 0 Å². The van der Waals surface area contributed by atoms with Crippen LogP contribution < -0.4 is 14.8 Å². The molecule has 0 saturated heterocycles. The Hall–Kier alpha value is -3.82. The molecular formula is C22H19F3N2O5. The van der Waals surface area contributed by atoms with Crippen LogP contribution >= 0.6 is 0 Å². The number of carbonyl (C=O) groups excluding carboxylic acids is 2. The second-order valence-electron chi connectivity index (χ2n) is 6.44. The van der Waals surface area contributed by atoms with Crippen LogP contribution in [0.5, 0.6) is 11.5 Å². The molecule has 10 heteroatoms. The summed E-state index contributed by atoms with van der Waals surface area (Å²) >= 11 is 0. The van der Waals surface area contributed by atoms with Crippen LogP contribution in [0.15, 0.2) is 53.2 Å². The van der Waals surface area contributed by atoms with Crippen molar-refractivity contribution in [1.82, 2.24) is 0 Å². The highest BCUT2D eigenvalue weighted by molar-refractivity contribution is 6.13. The fraction of sp³-hybridized carbons (Fsp3) is 0.227. The summed E-state index contributed by atoms with van der Waals surface area (Å²) in [5.41, 5.74) is 0.708. The van der Waals surface area contributed by atoms with E-state index in [1.54, 1.807) is 29.6 Å². The highest BCUT2D eigenvalue weighted by atomic mass is 19.4. The number of nitrogens with zero attached hydrogens (tertiary/aromatic N) is 1. The van der Waals surface area contributed by atoms with Gasteiger partial charge in [0.05, 0.1) is 13.2 Å². The van der Waals surface area contributed by atoms with Crippen LogP contribution in [0.3, 0.4) is 0 Å². The average Bonchev–Trinajstić information content (AvgIpc) is 3.09. The Labute approximate surface area is 181 Å². The summed E-state index contributed by atoms with van der Waals surface area (Å²) in [5.74, 6) is -1.76. The second-order valence-corrected chi connectivity index (χ2v) is 6.44. The van der Waals surface area contributed by atoms with E-state index < -0.39 is 18.1 Å². The van der Waals surface area contributed by atoms with Crippen LogP contribution in [0.25, 0.3) is 6.08 Å². The minimum Gasteiger partial charge on any atom is -0.490 e. The molecule has 0 spiro atoms. The third-order valence-corrected chi connectivity index (χ3v) is 4.12. The first-order valence-corrected chi connectivity index (χ1v) is 9.62. The number of cyclic esters (lactones) is 1. The normalized spacial score (nSPS) is 14.7. The molecule has 3 rings (SSSR count). The van der Waals surface area contributed by atoms with Gasteiger partial charge in [-0.2, -0.15) is 13.2 Å². The van der Waals surface area contributed by atoms with Gasteiger partial charge in [0.2, 0.25) is 5.90 Å². The molecule has 0 unspecified atom stereocenters. The van der Waals surface area contributed by atoms with Gasteiger partial charge >= 0.3 is 18.1 Å². The van der Waals surface area contributed by atoms with Gasteiger partial charge in [-0.15, -0.1) is 0 Å². The van der Waals surface area contributed by atoms with E-state index in [4.69, 9.17) is 14.2 Å². The van der Waals surface area contributed by atoms with Crippen molar-refractivity contribution in [3.05, 3.63) is 59.3 Å². The van der Waals surface area contributed by atoms with Crippen molar-refractivity contribution in [2.75, 3.05) is 18.5 Å². The van der Waals surface area contributed by atoms with Crippen LogP contribution in [0.4, 0.5) is 18.9 Å². The standard InChI is InChI=1S/C22H19F3N2O5/c1-3-30-17-9-8-14(12-18(17)31-4-2)19-27-16(20(28)32-19)11-13-6-5-7-15(10-13)26-21(29)22(23,24)25/h5-12H,3-4H2,1-2H3,(H,26,29)/b16-11-. The third-order valence-electron chi connectivity index (χ3n) is 4.12. The summed E-state index contributed by atoms with van der Waals surface area (Å²) in [5, 5.41) is 1.76. The van der Waals surface area contributed by atoms with E-state index >= 15 is 0 Å². The number of anilines is 1. The minimum atomic E-state index is -5.01. The number of benzene rings is 2. The predicted molar refractivity (Wildman–Crippen MR) is 111 cm³/mol. The first-order valence-electron chi connectivity index (χ1n) is 9.62. The molecule has 1 aliphatic heterocycles. The summed E-state index contributed by atoms with van der Waals surface area (Å²) in [6, 6.07) is 10.5. The lowest BCUT2D eigenvalue weighted by Crippen LogP contribution is -2.29. The van der Waals surface area contributed by atoms with Gasteiger partial charge in [0, 0.05) is 11.3 Å². The number of esters is 1. The Morgan fingerprint density at radius 1 is 1.09 bits per heavy atom. The number of halogens is 3. The van der Waals surface area contributed by atoms with Crippen molar-refractivity contribution in [3.8, 4) is 11.5 Å². The van der Waals surface area contributed by atoms with Gasteiger partial charge < -0.3 is 19.5 Å². The molecule has 1 aliphatic rings. The zero-order chi connectivity index (χ0) is 23.3. The van der Waals surface area contributed by atoms with E-state index in [1.165, 1.54) is 24.3 Å². The predicted octanol–water partition coefficient (Wildman–Crippen LogP) is 4.33. The molecule has 32 heavy (non-hydrogen) atoms. The van der Waals surface area contributed by atoms with Crippen molar-refractivity contribution in [2.45, 2.75) is 20.0 Å². The Balaban J connectivity index is 1.86. The lowest BCUT2D eigenvalue weighted by atomic mass is 10.1. The number of nitrogens with one attached hydrogen (secondary N) is 1. The van der Waals surface area contributed by atoms with Gasteiger partial charge in [0.25, 0.3) is 0 Å². The number of aliphatic imine (C=N–C) groups is 1. The van der Waals surface area contributed by atoms with E-state index in [-0.39, 0.29) is 17.3 Å². The molecule has 0 radical (unpaired) electrons. The van der Waals surface area contributed by atoms with E-state index in [1.807, 2.05) is 13.8 Å². The Kier molecular flexibility index (Phi) is 6.82. The largest absolute Gasteiger partial charge is 0.490 e. The summed E-state index contributed by atoms with van der Waals surface area (Å²) in [7, 11) is 0. The molecule has 7 nitrogen and oxygen atoms in total. The SMILES string of the molecule is CCOc1ccc(C2=N/C(=C\c3cccc(NC(=O)C(F)(F)F)c3)C(=O)O2)cc1OCC. The van der Waals surface area contributed by atoms with Crippen molar-refractivity contribution >= 4 is 29.5 Å². The first-order chi connectivity index (χ1) is 15.2. The summed E-state index contributed by atoms with van der Waals surface area (Å²) in [6.45, 7) is 4.52. The van der Waals surface area contributed by atoms with Crippen LogP contribution in [-0.4, -0.2) is 37.2 Å². The maximum Gasteiger partial charge on any atom is 0.471 e. The molecule has 1 N–H and O–H groups in total. The number of amides is 1. The summed E-state index contributed by atoms with van der Waals surface area (Å²) < 4.78 is 53.6.